The third-order valence-corrected chi connectivity index (χ3v) is 4.39. The van der Waals surface area contributed by atoms with Crippen LogP contribution >= 0.6 is 0 Å². The van der Waals surface area contributed by atoms with Crippen LogP contribution in [0, 0.1) is 5.92 Å². The van der Waals surface area contributed by atoms with Crippen LogP contribution in [-0.2, 0) is 16.0 Å². The normalized spacial score (nSPS) is 28.9. The maximum Gasteiger partial charge on any atom is 0.253 e. The summed E-state index contributed by atoms with van der Waals surface area (Å²) in [7, 11) is 0. The number of rotatable bonds is 3. The lowest BCUT2D eigenvalue weighted by Crippen LogP contribution is -2.38. The van der Waals surface area contributed by atoms with Crippen molar-refractivity contribution in [3.8, 4) is 0 Å². The van der Waals surface area contributed by atoms with E-state index in [-0.39, 0.29) is 17.9 Å². The van der Waals surface area contributed by atoms with Gasteiger partial charge in [-0.3, -0.25) is 4.79 Å². The zero-order chi connectivity index (χ0) is 13.9. The Morgan fingerprint density at radius 1 is 1.35 bits per heavy atom. The molecule has 1 fully saturated rings. The van der Waals surface area contributed by atoms with Gasteiger partial charge in [-0.2, -0.15) is 0 Å². The highest BCUT2D eigenvalue weighted by atomic mass is 16.5. The third kappa shape index (κ3) is 2.72. The second-order valence-corrected chi connectivity index (χ2v) is 5.70. The number of hydrogen-bond donors (Lipinski definition) is 2. The van der Waals surface area contributed by atoms with E-state index < -0.39 is 6.10 Å². The number of nitrogens with one attached hydrogen (secondary N) is 1. The van der Waals surface area contributed by atoms with Gasteiger partial charge in [-0.05, 0) is 30.4 Å². The minimum absolute atomic E-state index is 0.0868. The van der Waals surface area contributed by atoms with Crippen molar-refractivity contribution in [2.75, 3.05) is 13.2 Å². The predicted molar refractivity (Wildman–Crippen MR) is 75.2 cm³/mol. The lowest BCUT2D eigenvalue weighted by Gasteiger charge is -2.26. The molecular weight excluding hydrogens is 254 g/mol. The van der Waals surface area contributed by atoms with E-state index in [4.69, 9.17) is 4.74 Å². The molecule has 3 atom stereocenters. The lowest BCUT2D eigenvalue weighted by atomic mass is 9.97. The highest BCUT2D eigenvalue weighted by Crippen LogP contribution is 2.28. The summed E-state index contributed by atoms with van der Waals surface area (Å²) in [5, 5.41) is 12.7. The van der Waals surface area contributed by atoms with Gasteiger partial charge >= 0.3 is 0 Å². The van der Waals surface area contributed by atoms with E-state index in [1.807, 2.05) is 18.2 Å². The van der Waals surface area contributed by atoms with Crippen LogP contribution in [0.3, 0.4) is 0 Å². The zero-order valence-corrected chi connectivity index (χ0v) is 11.5. The number of carbonyl (C=O) groups is 1. The molecule has 0 bridgehead atoms. The van der Waals surface area contributed by atoms with Crippen LogP contribution in [0.4, 0.5) is 0 Å². The highest BCUT2D eigenvalue weighted by Gasteiger charge is 2.29. The van der Waals surface area contributed by atoms with Crippen LogP contribution in [0.1, 0.15) is 36.5 Å². The summed E-state index contributed by atoms with van der Waals surface area (Å²) < 4.78 is 5.63. The van der Waals surface area contributed by atoms with E-state index in [0.29, 0.717) is 13.2 Å². The Balaban J connectivity index is 1.63. The van der Waals surface area contributed by atoms with Crippen molar-refractivity contribution >= 4 is 5.91 Å². The summed E-state index contributed by atoms with van der Waals surface area (Å²) in [6.07, 6.45) is 2.98. The molecule has 0 saturated heterocycles. The van der Waals surface area contributed by atoms with Gasteiger partial charge in [0.25, 0.3) is 5.91 Å². The molecule has 4 heteroatoms. The Kier molecular flexibility index (Phi) is 4.03. The fraction of sp³-hybridized carbons (Fsp3) is 0.562. The Morgan fingerprint density at radius 2 is 2.20 bits per heavy atom. The number of carbonyl (C=O) groups excluding carboxylic acids is 1. The maximum atomic E-state index is 12.3. The van der Waals surface area contributed by atoms with Crippen molar-refractivity contribution in [1.29, 1.82) is 0 Å². The molecule has 1 aliphatic carbocycles. The van der Waals surface area contributed by atoms with Crippen molar-refractivity contribution in [2.24, 2.45) is 5.92 Å². The fourth-order valence-corrected chi connectivity index (χ4v) is 3.19. The quantitative estimate of drug-likeness (QED) is 0.880. The van der Waals surface area contributed by atoms with E-state index in [9.17, 15) is 9.90 Å². The Labute approximate surface area is 119 Å². The number of ether oxygens (including phenoxy) is 1. The average Bonchev–Trinajstić information content (AvgIpc) is 2.89. The van der Waals surface area contributed by atoms with E-state index in [1.54, 1.807) is 0 Å². The van der Waals surface area contributed by atoms with Gasteiger partial charge in [0.15, 0.2) is 6.10 Å². The number of aliphatic hydroxyl groups excluding tert-OH is 1. The van der Waals surface area contributed by atoms with Crippen molar-refractivity contribution in [3.63, 3.8) is 0 Å². The molecule has 1 amide bonds. The molecule has 2 aliphatic rings. The van der Waals surface area contributed by atoms with Gasteiger partial charge in [0.2, 0.25) is 0 Å². The lowest BCUT2D eigenvalue weighted by molar-refractivity contribution is -0.134. The number of hydrogen-bond acceptors (Lipinski definition) is 3. The average molecular weight is 275 g/mol. The molecule has 1 aromatic rings. The molecule has 1 aliphatic heterocycles. The van der Waals surface area contributed by atoms with Crippen LogP contribution in [0.5, 0.6) is 0 Å². The SMILES string of the molecule is O=C(NCC1CCCC1O)C1OCCc2ccccc21. The molecule has 108 valence electrons. The van der Waals surface area contributed by atoms with Gasteiger partial charge in [-0.1, -0.05) is 30.7 Å². The van der Waals surface area contributed by atoms with Gasteiger partial charge in [-0.25, -0.2) is 0 Å². The zero-order valence-electron chi connectivity index (χ0n) is 11.5. The summed E-state index contributed by atoms with van der Waals surface area (Å²) in [6.45, 7) is 1.13. The minimum atomic E-state index is -0.501. The Hall–Kier alpha value is -1.39. The van der Waals surface area contributed by atoms with Crippen LogP contribution in [0.2, 0.25) is 0 Å². The number of benzene rings is 1. The van der Waals surface area contributed by atoms with Crippen molar-refractivity contribution in [2.45, 2.75) is 37.9 Å². The van der Waals surface area contributed by atoms with Crippen LogP contribution < -0.4 is 5.32 Å². The van der Waals surface area contributed by atoms with Crippen molar-refractivity contribution in [1.82, 2.24) is 5.32 Å². The standard InChI is InChI=1S/C16H21NO3/c18-14-7-3-5-12(14)10-17-16(19)15-13-6-2-1-4-11(13)8-9-20-15/h1-2,4,6,12,14-15,18H,3,5,7-10H2,(H,17,19). The summed E-state index contributed by atoms with van der Waals surface area (Å²) in [5.41, 5.74) is 2.17. The number of amides is 1. The van der Waals surface area contributed by atoms with Crippen molar-refractivity contribution in [3.05, 3.63) is 35.4 Å². The van der Waals surface area contributed by atoms with E-state index >= 15 is 0 Å². The summed E-state index contributed by atoms with van der Waals surface area (Å²) in [5.74, 6) is 0.106. The Bertz CT molecular complexity index is 488. The third-order valence-electron chi connectivity index (χ3n) is 4.39. The van der Waals surface area contributed by atoms with Crippen molar-refractivity contribution < 1.29 is 14.6 Å². The van der Waals surface area contributed by atoms with E-state index in [2.05, 4.69) is 11.4 Å². The first-order valence-electron chi connectivity index (χ1n) is 7.41. The number of fused-ring (bicyclic) bond motifs is 1. The summed E-state index contributed by atoms with van der Waals surface area (Å²) in [6, 6.07) is 7.95. The molecule has 0 spiro atoms. The molecule has 0 radical (unpaired) electrons. The molecule has 3 unspecified atom stereocenters. The predicted octanol–water partition coefficient (Wildman–Crippen LogP) is 1.58. The molecule has 3 rings (SSSR count). The summed E-state index contributed by atoms with van der Waals surface area (Å²) in [4.78, 5) is 12.3. The monoisotopic (exact) mass is 275 g/mol. The molecular formula is C16H21NO3. The second kappa shape index (κ2) is 5.94. The van der Waals surface area contributed by atoms with E-state index in [0.717, 1.165) is 31.2 Å². The first-order chi connectivity index (χ1) is 9.75. The molecule has 4 nitrogen and oxygen atoms in total. The van der Waals surface area contributed by atoms with Crippen LogP contribution in [0.25, 0.3) is 0 Å². The minimum Gasteiger partial charge on any atom is -0.393 e. The van der Waals surface area contributed by atoms with Crippen LogP contribution in [0.15, 0.2) is 24.3 Å². The van der Waals surface area contributed by atoms with Crippen LogP contribution in [-0.4, -0.2) is 30.3 Å². The van der Waals surface area contributed by atoms with Gasteiger partial charge in [0.05, 0.1) is 12.7 Å². The number of aliphatic hydroxyl groups is 1. The maximum absolute atomic E-state index is 12.3. The molecule has 1 saturated carbocycles. The first-order valence-corrected chi connectivity index (χ1v) is 7.41. The molecule has 1 aromatic carbocycles. The largest absolute Gasteiger partial charge is 0.393 e. The molecule has 2 N–H and O–H groups in total. The van der Waals surface area contributed by atoms with Gasteiger partial charge in [-0.15, -0.1) is 0 Å². The van der Waals surface area contributed by atoms with Gasteiger partial charge < -0.3 is 15.2 Å². The van der Waals surface area contributed by atoms with E-state index in [1.165, 1.54) is 5.56 Å². The topological polar surface area (TPSA) is 58.6 Å². The molecule has 1 heterocycles. The van der Waals surface area contributed by atoms with Gasteiger partial charge in [0.1, 0.15) is 0 Å². The van der Waals surface area contributed by atoms with Gasteiger partial charge in [0, 0.05) is 12.5 Å². The highest BCUT2D eigenvalue weighted by molar-refractivity contribution is 5.82. The summed E-state index contributed by atoms with van der Waals surface area (Å²) >= 11 is 0. The molecule has 0 aromatic heterocycles. The molecule has 20 heavy (non-hydrogen) atoms. The first kappa shape index (κ1) is 13.6. The second-order valence-electron chi connectivity index (χ2n) is 5.70. The smallest absolute Gasteiger partial charge is 0.253 e. The Morgan fingerprint density at radius 3 is 3.00 bits per heavy atom. The fourth-order valence-electron chi connectivity index (χ4n) is 3.19.